The van der Waals surface area contributed by atoms with Crippen LogP contribution in [-0.2, 0) is 5.41 Å². The number of hydrogen-bond acceptors (Lipinski definition) is 3. The van der Waals surface area contributed by atoms with Crippen LogP contribution in [0.2, 0.25) is 5.02 Å². The summed E-state index contributed by atoms with van der Waals surface area (Å²) in [6.07, 6.45) is 1.56. The van der Waals surface area contributed by atoms with E-state index in [0.717, 1.165) is 11.1 Å². The van der Waals surface area contributed by atoms with E-state index in [1.165, 1.54) is 0 Å². The molecule has 0 fully saturated rings. The molecule has 3 aromatic rings. The van der Waals surface area contributed by atoms with Crippen molar-refractivity contribution in [3.8, 4) is 5.75 Å². The Labute approximate surface area is 145 Å². The van der Waals surface area contributed by atoms with Gasteiger partial charge in [0.05, 0.1) is 17.2 Å². The molecule has 0 unspecified atom stereocenters. The van der Waals surface area contributed by atoms with Crippen LogP contribution in [0.3, 0.4) is 0 Å². The molecule has 1 N–H and O–H groups in total. The smallest absolute Gasteiger partial charge is 0.196 e. The number of rotatable bonds is 2. The van der Waals surface area contributed by atoms with Crippen LogP contribution >= 0.6 is 11.6 Å². The first-order chi connectivity index (χ1) is 11.2. The van der Waals surface area contributed by atoms with Crippen molar-refractivity contribution in [2.45, 2.75) is 33.1 Å². The van der Waals surface area contributed by atoms with Crippen molar-refractivity contribution >= 4 is 28.4 Å². The van der Waals surface area contributed by atoms with Crippen molar-refractivity contribution in [1.29, 1.82) is 0 Å². The summed E-state index contributed by atoms with van der Waals surface area (Å²) in [5.74, 6) is 0.0212. The average Bonchev–Trinajstić information content (AvgIpc) is 2.89. The molecule has 0 aliphatic rings. The molecule has 1 aromatic heterocycles. The second kappa shape index (κ2) is 5.67. The quantitative estimate of drug-likeness (QED) is 0.614. The molecule has 0 aliphatic heterocycles. The van der Waals surface area contributed by atoms with E-state index in [1.54, 1.807) is 36.6 Å². The van der Waals surface area contributed by atoms with Crippen molar-refractivity contribution in [2.75, 3.05) is 0 Å². The van der Waals surface area contributed by atoms with E-state index in [9.17, 15) is 9.90 Å². The van der Waals surface area contributed by atoms with Gasteiger partial charge in [-0.15, -0.1) is 0 Å². The monoisotopic (exact) mass is 342 g/mol. The number of aromatic hydroxyl groups is 1. The predicted octanol–water partition coefficient (Wildman–Crippen LogP) is 5.63. The topological polar surface area (TPSA) is 50.4 Å². The molecule has 24 heavy (non-hydrogen) atoms. The Kier molecular flexibility index (Phi) is 3.92. The Balaban J connectivity index is 2.29. The second-order valence-electron chi connectivity index (χ2n) is 7.03. The van der Waals surface area contributed by atoms with E-state index in [4.69, 9.17) is 16.0 Å². The highest BCUT2D eigenvalue weighted by atomic mass is 35.5. The number of carbonyl (C=O) groups excluding carboxylic acids is 1. The summed E-state index contributed by atoms with van der Waals surface area (Å²) >= 11 is 5.90. The molecule has 124 valence electrons. The van der Waals surface area contributed by atoms with Crippen LogP contribution in [0.4, 0.5) is 0 Å². The zero-order valence-corrected chi connectivity index (χ0v) is 14.9. The number of benzene rings is 2. The number of ketones is 1. The number of carbonyl (C=O) groups is 1. The Hall–Kier alpha value is -2.26. The summed E-state index contributed by atoms with van der Waals surface area (Å²) in [6.45, 7) is 7.86. The first kappa shape index (κ1) is 16.6. The molecule has 3 rings (SSSR count). The van der Waals surface area contributed by atoms with Gasteiger partial charge in [0.25, 0.3) is 0 Å². The average molecular weight is 343 g/mol. The van der Waals surface area contributed by atoms with Crippen LogP contribution in [0.25, 0.3) is 11.0 Å². The minimum Gasteiger partial charge on any atom is -0.507 e. The van der Waals surface area contributed by atoms with E-state index in [0.29, 0.717) is 27.1 Å². The molecule has 0 amide bonds. The van der Waals surface area contributed by atoms with Gasteiger partial charge in [-0.2, -0.15) is 0 Å². The fourth-order valence-corrected chi connectivity index (χ4v) is 2.97. The van der Waals surface area contributed by atoms with Crippen molar-refractivity contribution in [3.05, 3.63) is 63.9 Å². The van der Waals surface area contributed by atoms with E-state index < -0.39 is 0 Å². The summed E-state index contributed by atoms with van der Waals surface area (Å²) < 4.78 is 5.59. The molecule has 0 saturated carbocycles. The first-order valence-corrected chi connectivity index (χ1v) is 8.12. The highest BCUT2D eigenvalue weighted by molar-refractivity contribution is 6.30. The maximum atomic E-state index is 13.0. The first-order valence-electron chi connectivity index (χ1n) is 7.74. The van der Waals surface area contributed by atoms with Gasteiger partial charge in [0.2, 0.25) is 0 Å². The molecule has 0 atom stereocenters. The number of hydrogen-bond donors (Lipinski definition) is 1. The van der Waals surface area contributed by atoms with Crippen LogP contribution < -0.4 is 0 Å². The number of furan rings is 1. The zero-order valence-electron chi connectivity index (χ0n) is 14.1. The summed E-state index contributed by atoms with van der Waals surface area (Å²) in [5.41, 5.74) is 2.61. The fourth-order valence-electron chi connectivity index (χ4n) is 2.85. The molecule has 2 aromatic carbocycles. The van der Waals surface area contributed by atoms with Crippen LogP contribution in [0.5, 0.6) is 5.75 Å². The minimum atomic E-state index is -0.309. The van der Waals surface area contributed by atoms with Gasteiger partial charge < -0.3 is 9.52 Å². The van der Waals surface area contributed by atoms with Gasteiger partial charge in [0.1, 0.15) is 11.3 Å². The molecule has 4 heteroatoms. The Bertz CT molecular complexity index is 928. The summed E-state index contributed by atoms with van der Waals surface area (Å²) in [4.78, 5) is 13.0. The molecule has 0 bridgehead atoms. The molecule has 0 spiro atoms. The maximum Gasteiger partial charge on any atom is 0.196 e. The van der Waals surface area contributed by atoms with Crippen molar-refractivity contribution in [2.24, 2.45) is 0 Å². The largest absolute Gasteiger partial charge is 0.507 e. The highest BCUT2D eigenvalue weighted by Gasteiger charge is 2.27. The third-order valence-corrected chi connectivity index (χ3v) is 4.41. The lowest BCUT2D eigenvalue weighted by molar-refractivity contribution is 0.103. The van der Waals surface area contributed by atoms with E-state index >= 15 is 0 Å². The summed E-state index contributed by atoms with van der Waals surface area (Å²) in [6, 6.07) is 8.48. The number of phenols is 1. The molecule has 1 heterocycles. The van der Waals surface area contributed by atoms with Crippen molar-refractivity contribution < 1.29 is 14.3 Å². The molecule has 0 saturated heterocycles. The molecular weight excluding hydrogens is 324 g/mol. The van der Waals surface area contributed by atoms with Crippen LogP contribution in [-0.4, -0.2) is 10.9 Å². The van der Waals surface area contributed by atoms with Crippen LogP contribution in [0, 0.1) is 6.92 Å². The second-order valence-corrected chi connectivity index (χ2v) is 7.47. The number of halogens is 1. The summed E-state index contributed by atoms with van der Waals surface area (Å²) in [5, 5.41) is 11.9. The lowest BCUT2D eigenvalue weighted by atomic mass is 9.83. The number of phenolic OH excluding ortho intramolecular Hbond substituents is 1. The number of fused-ring (bicyclic) bond motifs is 1. The Morgan fingerprint density at radius 3 is 2.38 bits per heavy atom. The normalized spacial score (nSPS) is 11.9. The molecular formula is C20H19ClO3. The van der Waals surface area contributed by atoms with Gasteiger partial charge in [-0.25, -0.2) is 0 Å². The maximum absolute atomic E-state index is 13.0. The molecule has 0 radical (unpaired) electrons. The van der Waals surface area contributed by atoms with E-state index in [2.05, 4.69) is 0 Å². The Morgan fingerprint density at radius 1 is 1.17 bits per heavy atom. The van der Waals surface area contributed by atoms with Crippen molar-refractivity contribution in [3.63, 3.8) is 0 Å². The standard InChI is InChI=1S/C20H19ClO3/c1-11-10-24-19-14(17(22)12-5-7-13(21)8-6-12)9-15(20(2,3)4)18(23)16(11)19/h5-10,23H,1-4H3. The summed E-state index contributed by atoms with van der Waals surface area (Å²) in [7, 11) is 0. The third kappa shape index (κ3) is 2.69. The van der Waals surface area contributed by atoms with Gasteiger partial charge in [-0.3, -0.25) is 4.79 Å². The third-order valence-electron chi connectivity index (χ3n) is 4.16. The zero-order chi connectivity index (χ0) is 17.6. The van der Waals surface area contributed by atoms with Crippen molar-refractivity contribution in [1.82, 2.24) is 0 Å². The van der Waals surface area contributed by atoms with Gasteiger partial charge in [-0.1, -0.05) is 32.4 Å². The lowest BCUT2D eigenvalue weighted by Gasteiger charge is -2.22. The molecule has 0 aliphatic carbocycles. The lowest BCUT2D eigenvalue weighted by Crippen LogP contribution is -2.13. The SMILES string of the molecule is Cc1coc2c(C(=O)c3ccc(Cl)cc3)cc(C(C)(C)C)c(O)c12. The van der Waals surface area contributed by atoms with Gasteiger partial charge in [0, 0.05) is 16.1 Å². The van der Waals surface area contributed by atoms with Gasteiger partial charge >= 0.3 is 0 Å². The Morgan fingerprint density at radius 2 is 1.79 bits per heavy atom. The number of aryl methyl sites for hydroxylation is 1. The van der Waals surface area contributed by atoms with Crippen LogP contribution in [0.15, 0.2) is 41.0 Å². The van der Waals surface area contributed by atoms with Gasteiger partial charge in [0.15, 0.2) is 5.78 Å². The highest BCUT2D eigenvalue weighted by Crippen LogP contribution is 2.41. The fraction of sp³-hybridized carbons (Fsp3) is 0.250. The molecule has 3 nitrogen and oxygen atoms in total. The van der Waals surface area contributed by atoms with E-state index in [-0.39, 0.29) is 16.9 Å². The minimum absolute atomic E-state index is 0.156. The van der Waals surface area contributed by atoms with E-state index in [1.807, 2.05) is 27.7 Å². The van der Waals surface area contributed by atoms with Crippen LogP contribution in [0.1, 0.15) is 47.8 Å². The predicted molar refractivity (Wildman–Crippen MR) is 96.2 cm³/mol. The van der Waals surface area contributed by atoms with Gasteiger partial charge in [-0.05, 0) is 48.2 Å².